The summed E-state index contributed by atoms with van der Waals surface area (Å²) in [6.45, 7) is 2.49. The van der Waals surface area contributed by atoms with E-state index in [1.165, 1.54) is 25.7 Å². The van der Waals surface area contributed by atoms with Crippen molar-refractivity contribution in [3.05, 3.63) is 11.6 Å². The Hall–Kier alpha value is -0.750. The average molecular weight is 328 g/mol. The topological polar surface area (TPSA) is 35.6 Å². The number of carbonyl (C=O) groups excluding carboxylic acids is 1. The Kier molecular flexibility index (Phi) is 6.83. The van der Waals surface area contributed by atoms with Crippen molar-refractivity contribution in [2.45, 2.75) is 38.5 Å². The van der Waals surface area contributed by atoms with Crippen molar-refractivity contribution in [2.75, 3.05) is 31.6 Å². The maximum absolute atomic E-state index is 12.0. The summed E-state index contributed by atoms with van der Waals surface area (Å²) in [6.07, 6.45) is 11.5. The Balaban J connectivity index is 1.76. The number of carbonyl (C=O) groups is 1. The van der Waals surface area contributed by atoms with Crippen LogP contribution in [0.4, 0.5) is 0 Å². The first-order valence-corrected chi connectivity index (χ1v) is 9.55. The summed E-state index contributed by atoms with van der Waals surface area (Å²) < 4.78 is 0. The zero-order valence-electron chi connectivity index (χ0n) is 12.8. The molecule has 0 saturated carbocycles. The predicted octanol–water partition coefficient (Wildman–Crippen LogP) is 2.56. The minimum atomic E-state index is 0.152. The first-order chi connectivity index (χ1) is 10.2. The lowest BCUT2D eigenvalue weighted by molar-refractivity contribution is -0.135. The highest BCUT2D eigenvalue weighted by Gasteiger charge is 2.27. The zero-order chi connectivity index (χ0) is 15.1. The van der Waals surface area contributed by atoms with Gasteiger partial charge in [-0.3, -0.25) is 14.8 Å². The molecule has 1 amide bonds. The van der Waals surface area contributed by atoms with Gasteiger partial charge >= 0.3 is 0 Å². The molecule has 0 unspecified atom stereocenters. The van der Waals surface area contributed by atoms with Gasteiger partial charge in [-0.05, 0) is 57.0 Å². The highest BCUT2D eigenvalue weighted by molar-refractivity contribution is 7.99. The van der Waals surface area contributed by atoms with Crippen LogP contribution in [0.15, 0.2) is 11.6 Å². The molecule has 1 heterocycles. The van der Waals surface area contributed by atoms with E-state index in [1.54, 1.807) is 22.3 Å². The summed E-state index contributed by atoms with van der Waals surface area (Å²) in [5, 5.41) is 7.74. The van der Waals surface area contributed by atoms with Crippen LogP contribution in [-0.2, 0) is 4.79 Å². The summed E-state index contributed by atoms with van der Waals surface area (Å²) in [5.74, 6) is 0.672. The second kappa shape index (κ2) is 8.63. The number of nitrogens with zero attached hydrogens (tertiary/aromatic N) is 2. The van der Waals surface area contributed by atoms with Crippen LogP contribution in [-0.4, -0.2) is 52.7 Å². The molecule has 1 aliphatic carbocycles. The fraction of sp³-hybridized carbons (Fsp3) is 0.733. The van der Waals surface area contributed by atoms with Crippen LogP contribution in [0, 0.1) is 0 Å². The van der Waals surface area contributed by atoms with Crippen LogP contribution in [0.25, 0.3) is 0 Å². The van der Waals surface area contributed by atoms with Gasteiger partial charge < -0.3 is 5.32 Å². The maximum atomic E-state index is 12.0. The Morgan fingerprint density at radius 2 is 2.14 bits per heavy atom. The molecule has 1 N–H and O–H groups in total. The molecule has 0 atom stereocenters. The molecule has 6 heteroatoms. The zero-order valence-corrected chi connectivity index (χ0v) is 14.4. The van der Waals surface area contributed by atoms with Crippen LogP contribution in [0.2, 0.25) is 0 Å². The lowest BCUT2D eigenvalue weighted by atomic mass is 9.97. The molecule has 0 radical (unpaired) electrons. The summed E-state index contributed by atoms with van der Waals surface area (Å²) >= 11 is 7.01. The molecule has 1 fully saturated rings. The number of allylic oxidation sites excluding steroid dienone is 1. The van der Waals surface area contributed by atoms with Crippen molar-refractivity contribution in [2.24, 2.45) is 0 Å². The van der Waals surface area contributed by atoms with Gasteiger partial charge in [0.05, 0.1) is 5.75 Å². The second-order valence-corrected chi connectivity index (χ2v) is 6.77. The van der Waals surface area contributed by atoms with E-state index >= 15 is 0 Å². The molecular weight excluding hydrogens is 302 g/mol. The van der Waals surface area contributed by atoms with E-state index in [4.69, 9.17) is 12.2 Å². The maximum Gasteiger partial charge on any atom is 0.251 e. The standard InChI is InChI=1S/C15H25N3OS2/c1-21-12-14(19)17-10-5-11-18(17)15(20)16-9-8-13-6-3-2-4-7-13/h6H,2-5,7-12H2,1H3,(H,16,20). The SMILES string of the molecule is CSCC(=O)N1CCCN1C(=S)NCCC1=CCCCC1. The van der Waals surface area contributed by atoms with Crippen molar-refractivity contribution in [3.63, 3.8) is 0 Å². The third kappa shape index (κ3) is 4.88. The van der Waals surface area contributed by atoms with Crippen LogP contribution in [0.1, 0.15) is 38.5 Å². The molecule has 118 valence electrons. The number of amides is 1. The Morgan fingerprint density at radius 1 is 1.33 bits per heavy atom. The Bertz CT molecular complexity index is 412. The molecule has 2 rings (SSSR count). The molecule has 0 aromatic carbocycles. The van der Waals surface area contributed by atoms with Crippen molar-refractivity contribution in [3.8, 4) is 0 Å². The van der Waals surface area contributed by atoms with Crippen molar-refractivity contribution in [1.82, 2.24) is 15.3 Å². The van der Waals surface area contributed by atoms with E-state index in [0.29, 0.717) is 10.9 Å². The number of nitrogens with one attached hydrogen (secondary N) is 1. The van der Waals surface area contributed by atoms with Crippen LogP contribution in [0.3, 0.4) is 0 Å². The highest BCUT2D eigenvalue weighted by Crippen LogP contribution is 2.19. The van der Waals surface area contributed by atoms with Crippen LogP contribution in [0.5, 0.6) is 0 Å². The van der Waals surface area contributed by atoms with Crippen molar-refractivity contribution < 1.29 is 4.79 Å². The van der Waals surface area contributed by atoms with Gasteiger partial charge in [0.2, 0.25) is 0 Å². The van der Waals surface area contributed by atoms with E-state index in [9.17, 15) is 4.79 Å². The first-order valence-electron chi connectivity index (χ1n) is 7.75. The molecule has 1 saturated heterocycles. The predicted molar refractivity (Wildman–Crippen MR) is 93.2 cm³/mol. The number of hydrogen-bond acceptors (Lipinski definition) is 3. The van der Waals surface area contributed by atoms with Gasteiger partial charge in [-0.1, -0.05) is 11.6 Å². The third-order valence-electron chi connectivity index (χ3n) is 3.93. The molecule has 0 aromatic heterocycles. The van der Waals surface area contributed by atoms with Gasteiger partial charge in [0.1, 0.15) is 0 Å². The number of thiocarbonyl (C=S) groups is 1. The molecule has 0 aromatic rings. The largest absolute Gasteiger partial charge is 0.361 e. The van der Waals surface area contributed by atoms with Gasteiger partial charge in [-0.15, -0.1) is 0 Å². The van der Waals surface area contributed by atoms with Crippen LogP contribution < -0.4 is 5.32 Å². The number of hydrazine groups is 1. The van der Waals surface area contributed by atoms with Crippen molar-refractivity contribution in [1.29, 1.82) is 0 Å². The molecule has 21 heavy (non-hydrogen) atoms. The lowest BCUT2D eigenvalue weighted by Crippen LogP contribution is -2.49. The van der Waals surface area contributed by atoms with E-state index < -0.39 is 0 Å². The average Bonchev–Trinajstić information content (AvgIpc) is 2.98. The van der Waals surface area contributed by atoms with Gasteiger partial charge in [0.15, 0.2) is 5.11 Å². The molecule has 1 aliphatic heterocycles. The van der Waals surface area contributed by atoms with E-state index in [0.717, 1.165) is 32.5 Å². The van der Waals surface area contributed by atoms with Gasteiger partial charge in [0.25, 0.3) is 5.91 Å². The van der Waals surface area contributed by atoms with Crippen molar-refractivity contribution >= 4 is 35.0 Å². The minimum absolute atomic E-state index is 0.152. The van der Waals surface area contributed by atoms with E-state index in [2.05, 4.69) is 11.4 Å². The summed E-state index contributed by atoms with van der Waals surface area (Å²) in [4.78, 5) is 12.0. The number of hydrogen-bond donors (Lipinski definition) is 1. The molecule has 0 spiro atoms. The minimum Gasteiger partial charge on any atom is -0.361 e. The highest BCUT2D eigenvalue weighted by atomic mass is 32.2. The Labute approximate surface area is 137 Å². The normalized spacial score (nSPS) is 18.6. The fourth-order valence-electron chi connectivity index (χ4n) is 2.83. The quantitative estimate of drug-likeness (QED) is 0.620. The molecule has 2 aliphatic rings. The molecule has 4 nitrogen and oxygen atoms in total. The molecule has 0 bridgehead atoms. The number of thioether (sulfide) groups is 1. The van der Waals surface area contributed by atoms with E-state index in [1.807, 2.05) is 11.3 Å². The smallest absolute Gasteiger partial charge is 0.251 e. The summed E-state index contributed by atoms with van der Waals surface area (Å²) in [5.41, 5.74) is 1.55. The second-order valence-electron chi connectivity index (χ2n) is 5.52. The van der Waals surface area contributed by atoms with Gasteiger partial charge in [0, 0.05) is 19.6 Å². The van der Waals surface area contributed by atoms with Gasteiger partial charge in [-0.25, -0.2) is 0 Å². The fourth-order valence-corrected chi connectivity index (χ4v) is 3.52. The van der Waals surface area contributed by atoms with Crippen LogP contribution >= 0.6 is 24.0 Å². The monoisotopic (exact) mass is 327 g/mol. The lowest BCUT2D eigenvalue weighted by Gasteiger charge is -2.30. The molecular formula is C15H25N3OS2. The van der Waals surface area contributed by atoms with E-state index in [-0.39, 0.29) is 5.91 Å². The summed E-state index contributed by atoms with van der Waals surface area (Å²) in [7, 11) is 0. The number of rotatable bonds is 5. The third-order valence-corrected chi connectivity index (χ3v) is 4.82. The van der Waals surface area contributed by atoms with Gasteiger partial charge in [-0.2, -0.15) is 11.8 Å². The summed E-state index contributed by atoms with van der Waals surface area (Å²) in [6, 6.07) is 0. The Morgan fingerprint density at radius 3 is 2.86 bits per heavy atom. The first kappa shape index (κ1) is 16.6.